The average Bonchev–Trinajstić information content (AvgIpc) is 3.11. The van der Waals surface area contributed by atoms with Crippen molar-refractivity contribution >= 4 is 5.91 Å². The molecule has 1 aromatic carbocycles. The van der Waals surface area contributed by atoms with Crippen molar-refractivity contribution in [1.29, 1.82) is 0 Å². The molecule has 3 rings (SSSR count). The van der Waals surface area contributed by atoms with Gasteiger partial charge < -0.3 is 4.90 Å². The second-order valence-electron chi connectivity index (χ2n) is 5.08. The summed E-state index contributed by atoms with van der Waals surface area (Å²) in [5.74, 6) is -0.0562. The summed E-state index contributed by atoms with van der Waals surface area (Å²) >= 11 is 0. The highest BCUT2D eigenvalue weighted by atomic mass is 19.4. The molecule has 0 unspecified atom stereocenters. The summed E-state index contributed by atoms with van der Waals surface area (Å²) in [5.41, 5.74) is 2.56. The van der Waals surface area contributed by atoms with Gasteiger partial charge in [-0.1, -0.05) is 12.1 Å². The molecular formula is C13H12F3N5O. The molecule has 1 aliphatic rings. The Morgan fingerprint density at radius 1 is 1.27 bits per heavy atom. The van der Waals surface area contributed by atoms with Gasteiger partial charge in [-0.25, -0.2) is 0 Å². The van der Waals surface area contributed by atoms with Crippen LogP contribution in [0.3, 0.4) is 0 Å². The van der Waals surface area contributed by atoms with Crippen LogP contribution in [0.15, 0.2) is 18.2 Å². The van der Waals surface area contributed by atoms with E-state index in [-0.39, 0.29) is 0 Å². The Hall–Kier alpha value is -2.45. The average molecular weight is 311 g/mol. The number of nitrogens with zero attached hydrogens (tertiary/aromatic N) is 4. The number of benzene rings is 1. The van der Waals surface area contributed by atoms with Crippen molar-refractivity contribution in [3.8, 4) is 11.4 Å². The third-order valence-corrected chi connectivity index (χ3v) is 3.51. The van der Waals surface area contributed by atoms with Gasteiger partial charge in [0.25, 0.3) is 0 Å². The largest absolute Gasteiger partial charge is 0.389 e. The molecule has 0 atom stereocenters. The molecule has 1 aromatic heterocycles. The number of halogens is 3. The summed E-state index contributed by atoms with van der Waals surface area (Å²) in [5, 5.41) is 13.6. The van der Waals surface area contributed by atoms with Crippen LogP contribution in [0.4, 0.5) is 13.2 Å². The number of nitrogens with one attached hydrogen (secondary N) is 1. The van der Waals surface area contributed by atoms with Gasteiger partial charge >= 0.3 is 6.18 Å². The molecule has 0 spiro atoms. The van der Waals surface area contributed by atoms with Crippen LogP contribution in [0.1, 0.15) is 24.0 Å². The first-order valence-corrected chi connectivity index (χ1v) is 6.62. The molecule has 0 fully saturated rings. The molecule has 0 radical (unpaired) electrons. The van der Waals surface area contributed by atoms with Gasteiger partial charge in [0.05, 0.1) is 6.42 Å². The maximum absolute atomic E-state index is 12.2. The number of fused-ring (bicyclic) bond motifs is 1. The molecule has 9 heteroatoms. The predicted molar refractivity (Wildman–Crippen MR) is 69.2 cm³/mol. The minimum atomic E-state index is -4.31. The molecule has 0 saturated carbocycles. The zero-order chi connectivity index (χ0) is 15.7. The minimum absolute atomic E-state index is 0.303. The van der Waals surface area contributed by atoms with E-state index in [0.29, 0.717) is 18.9 Å². The van der Waals surface area contributed by atoms with Gasteiger partial charge in [0, 0.05) is 25.1 Å². The Kier molecular flexibility index (Phi) is 3.55. The van der Waals surface area contributed by atoms with Gasteiger partial charge in [-0.05, 0) is 22.4 Å². The van der Waals surface area contributed by atoms with E-state index in [2.05, 4.69) is 20.6 Å². The van der Waals surface area contributed by atoms with E-state index in [0.717, 1.165) is 16.7 Å². The van der Waals surface area contributed by atoms with E-state index in [1.807, 2.05) is 12.1 Å². The first-order valence-electron chi connectivity index (χ1n) is 6.62. The van der Waals surface area contributed by atoms with E-state index in [1.165, 1.54) is 4.90 Å². The van der Waals surface area contributed by atoms with Gasteiger partial charge in [-0.3, -0.25) is 4.79 Å². The lowest BCUT2D eigenvalue weighted by molar-refractivity contribution is -0.149. The molecule has 116 valence electrons. The molecule has 1 amide bonds. The van der Waals surface area contributed by atoms with Crippen molar-refractivity contribution in [1.82, 2.24) is 25.5 Å². The molecule has 2 aromatic rings. The molecule has 0 saturated heterocycles. The van der Waals surface area contributed by atoms with E-state index >= 15 is 0 Å². The number of rotatable bonds is 3. The van der Waals surface area contributed by atoms with Crippen molar-refractivity contribution in [2.75, 3.05) is 0 Å². The summed E-state index contributed by atoms with van der Waals surface area (Å²) in [7, 11) is 0. The van der Waals surface area contributed by atoms with Crippen molar-refractivity contribution < 1.29 is 18.0 Å². The first kappa shape index (κ1) is 14.5. The summed E-state index contributed by atoms with van der Waals surface area (Å²) in [6.45, 7) is 0.635. The Balaban J connectivity index is 1.69. The molecule has 22 heavy (non-hydrogen) atoms. The van der Waals surface area contributed by atoms with E-state index < -0.39 is 24.9 Å². The first-order chi connectivity index (χ1) is 10.4. The summed E-state index contributed by atoms with van der Waals surface area (Å²) in [6, 6.07) is 5.46. The van der Waals surface area contributed by atoms with Crippen molar-refractivity contribution in [2.45, 2.75) is 32.1 Å². The van der Waals surface area contributed by atoms with Crippen LogP contribution >= 0.6 is 0 Å². The van der Waals surface area contributed by atoms with Crippen LogP contribution in [0.25, 0.3) is 11.4 Å². The van der Waals surface area contributed by atoms with Crippen molar-refractivity contribution in [3.63, 3.8) is 0 Å². The van der Waals surface area contributed by atoms with Crippen LogP contribution in [-0.4, -0.2) is 37.6 Å². The SMILES string of the molecule is O=C(CCC(F)(F)F)N1Cc2ccc(-c3nn[nH]n3)cc2C1. The van der Waals surface area contributed by atoms with Crippen LogP contribution < -0.4 is 0 Å². The van der Waals surface area contributed by atoms with Crippen LogP contribution in [0, 0.1) is 0 Å². The lowest BCUT2D eigenvalue weighted by Gasteiger charge is -2.15. The molecule has 6 nitrogen and oxygen atoms in total. The molecular weight excluding hydrogens is 299 g/mol. The zero-order valence-electron chi connectivity index (χ0n) is 11.4. The number of carbonyl (C=O) groups is 1. The Morgan fingerprint density at radius 2 is 2.05 bits per heavy atom. The number of hydrogen-bond donors (Lipinski definition) is 1. The lowest BCUT2D eigenvalue weighted by atomic mass is 10.1. The Bertz CT molecular complexity index is 683. The third-order valence-electron chi connectivity index (χ3n) is 3.51. The molecule has 0 bridgehead atoms. The van der Waals surface area contributed by atoms with Gasteiger partial charge in [0.15, 0.2) is 0 Å². The number of H-pyrrole nitrogens is 1. The Labute approximate surface area is 123 Å². The highest BCUT2D eigenvalue weighted by Crippen LogP contribution is 2.28. The molecule has 1 aliphatic heterocycles. The second kappa shape index (κ2) is 5.39. The number of tetrazole rings is 1. The smallest absolute Gasteiger partial charge is 0.334 e. The fourth-order valence-electron chi connectivity index (χ4n) is 2.40. The molecule has 2 heterocycles. The van der Waals surface area contributed by atoms with E-state index in [9.17, 15) is 18.0 Å². The van der Waals surface area contributed by atoms with E-state index in [4.69, 9.17) is 0 Å². The Morgan fingerprint density at radius 3 is 2.73 bits per heavy atom. The lowest BCUT2D eigenvalue weighted by Crippen LogP contribution is -2.26. The molecule has 0 aliphatic carbocycles. The van der Waals surface area contributed by atoms with Gasteiger partial charge in [0.2, 0.25) is 11.7 Å². The number of carbonyl (C=O) groups excluding carboxylic acids is 1. The standard InChI is InChI=1S/C13H12F3N5O/c14-13(15,16)4-3-11(22)21-6-9-2-1-8(5-10(9)7-21)12-17-19-20-18-12/h1-2,5H,3-4,6-7H2,(H,17,18,19,20). The van der Waals surface area contributed by atoms with Gasteiger partial charge in [0.1, 0.15) is 0 Å². The minimum Gasteiger partial charge on any atom is -0.334 e. The number of amides is 1. The summed E-state index contributed by atoms with van der Waals surface area (Å²) in [6.07, 6.45) is -5.92. The number of aromatic amines is 1. The van der Waals surface area contributed by atoms with E-state index in [1.54, 1.807) is 6.07 Å². The summed E-state index contributed by atoms with van der Waals surface area (Å²) < 4.78 is 36.5. The number of alkyl halides is 3. The monoisotopic (exact) mass is 311 g/mol. The summed E-state index contributed by atoms with van der Waals surface area (Å²) in [4.78, 5) is 13.3. The maximum Gasteiger partial charge on any atom is 0.389 e. The molecule has 1 N–H and O–H groups in total. The fraction of sp³-hybridized carbons (Fsp3) is 0.385. The number of aromatic nitrogens is 4. The number of hydrogen-bond acceptors (Lipinski definition) is 4. The highest BCUT2D eigenvalue weighted by Gasteiger charge is 2.31. The van der Waals surface area contributed by atoms with Crippen LogP contribution in [0.5, 0.6) is 0 Å². The van der Waals surface area contributed by atoms with Crippen molar-refractivity contribution in [3.05, 3.63) is 29.3 Å². The van der Waals surface area contributed by atoms with Crippen LogP contribution in [0.2, 0.25) is 0 Å². The highest BCUT2D eigenvalue weighted by molar-refractivity contribution is 5.77. The maximum atomic E-state index is 12.2. The quantitative estimate of drug-likeness (QED) is 0.941. The topological polar surface area (TPSA) is 74.8 Å². The third kappa shape index (κ3) is 3.07. The van der Waals surface area contributed by atoms with Gasteiger partial charge in [-0.15, -0.1) is 10.2 Å². The van der Waals surface area contributed by atoms with Crippen LogP contribution in [-0.2, 0) is 17.9 Å². The zero-order valence-corrected chi connectivity index (χ0v) is 11.4. The fourth-order valence-corrected chi connectivity index (χ4v) is 2.40. The second-order valence-corrected chi connectivity index (χ2v) is 5.08. The normalized spacial score (nSPS) is 14.2. The van der Waals surface area contributed by atoms with Gasteiger partial charge in [-0.2, -0.15) is 18.4 Å². The van der Waals surface area contributed by atoms with Crippen molar-refractivity contribution in [2.24, 2.45) is 0 Å². The predicted octanol–water partition coefficient (Wildman–Crippen LogP) is 2.05.